The summed E-state index contributed by atoms with van der Waals surface area (Å²) in [5.41, 5.74) is 11.5. The Balaban J connectivity index is 1.74. The van der Waals surface area contributed by atoms with E-state index in [1.807, 2.05) is 31.0 Å². The Bertz CT molecular complexity index is 1410. The average molecular weight is 460 g/mol. The van der Waals surface area contributed by atoms with E-state index in [9.17, 15) is 4.79 Å². The van der Waals surface area contributed by atoms with E-state index >= 15 is 4.39 Å². The minimum Gasteiger partial charge on any atom is -0.362 e. The molecule has 0 saturated heterocycles. The first-order valence-corrected chi connectivity index (χ1v) is 11.9. The van der Waals surface area contributed by atoms with Crippen LogP contribution in [0.4, 0.5) is 4.39 Å². The third kappa shape index (κ3) is 2.33. The number of nitrogens with two attached hydrogens (primary N) is 1. The van der Waals surface area contributed by atoms with Gasteiger partial charge in [-0.2, -0.15) is 5.10 Å². The Morgan fingerprint density at radius 1 is 1.24 bits per heavy atom. The molecule has 2 unspecified atom stereocenters. The third-order valence-corrected chi connectivity index (χ3v) is 8.23. The number of carbonyl (C=O) groups excluding carboxylic acids is 1. The monoisotopic (exact) mass is 459 g/mol. The second kappa shape index (κ2) is 6.48. The number of aryl methyl sites for hydroxylation is 1. The highest BCUT2D eigenvalue weighted by atomic mass is 19.1. The molecule has 0 radical (unpaired) electrons. The smallest absolute Gasteiger partial charge is 0.237 e. The fourth-order valence-corrected chi connectivity index (χ4v) is 6.53. The molecule has 2 atom stereocenters. The van der Waals surface area contributed by atoms with Gasteiger partial charge in [-0.3, -0.25) is 4.79 Å². The van der Waals surface area contributed by atoms with Gasteiger partial charge in [0, 0.05) is 17.3 Å². The molecule has 6 rings (SSSR count). The number of benzene rings is 1. The molecule has 3 aliphatic rings. The number of alkyl halides is 1. The first-order valence-electron chi connectivity index (χ1n) is 11.9. The van der Waals surface area contributed by atoms with Crippen LogP contribution in [0.15, 0.2) is 36.5 Å². The van der Waals surface area contributed by atoms with Gasteiger partial charge < -0.3 is 15.6 Å². The maximum Gasteiger partial charge on any atom is 0.237 e. The Kier molecular flexibility index (Phi) is 4.07. The Hall–Kier alpha value is -3.19. The molecule has 0 saturated carbocycles. The number of halogens is 1. The molecular weight excluding hydrogens is 429 g/mol. The molecule has 4 heterocycles. The van der Waals surface area contributed by atoms with Crippen LogP contribution < -0.4 is 5.73 Å². The van der Waals surface area contributed by atoms with E-state index < -0.39 is 16.6 Å². The zero-order chi connectivity index (χ0) is 24.2. The summed E-state index contributed by atoms with van der Waals surface area (Å²) in [5.74, 6) is -0.101. The van der Waals surface area contributed by atoms with Gasteiger partial charge in [0.25, 0.3) is 0 Å². The van der Waals surface area contributed by atoms with Crippen molar-refractivity contribution in [2.45, 2.75) is 64.2 Å². The summed E-state index contributed by atoms with van der Waals surface area (Å²) in [5, 5.41) is 5.18. The van der Waals surface area contributed by atoms with Gasteiger partial charge in [0.2, 0.25) is 5.91 Å². The fraction of sp³-hybridized carbons (Fsp3) is 0.407. The lowest BCUT2D eigenvalue weighted by Crippen LogP contribution is -2.44. The van der Waals surface area contributed by atoms with Gasteiger partial charge in [0.15, 0.2) is 5.67 Å². The lowest BCUT2D eigenvalue weighted by molar-refractivity contribution is -0.135. The molecule has 176 valence electrons. The Labute approximate surface area is 198 Å². The van der Waals surface area contributed by atoms with Gasteiger partial charge in [-0.1, -0.05) is 25.1 Å². The molecule has 6 nitrogen and oxygen atoms in total. The SMILES string of the molecule is CCc1cccc2c1-n1nc3c(c1C1(C)C2=CC(C)(F)c2[nH]ccc21)CN(C(=O)CN)C3(C)C. The highest BCUT2D eigenvalue weighted by Gasteiger charge is 2.55. The topological polar surface area (TPSA) is 79.9 Å². The van der Waals surface area contributed by atoms with Crippen molar-refractivity contribution in [3.8, 4) is 5.69 Å². The van der Waals surface area contributed by atoms with E-state index in [0.717, 1.165) is 51.3 Å². The number of allylic oxidation sites excluding steroid dienone is 2. The zero-order valence-corrected chi connectivity index (χ0v) is 20.3. The van der Waals surface area contributed by atoms with Crippen LogP contribution in [0.3, 0.4) is 0 Å². The van der Waals surface area contributed by atoms with E-state index in [2.05, 4.69) is 41.7 Å². The number of fused-ring (bicyclic) bond motifs is 10. The normalized spacial score (nSPS) is 25.7. The first kappa shape index (κ1) is 21.4. The molecule has 34 heavy (non-hydrogen) atoms. The van der Waals surface area contributed by atoms with E-state index in [1.54, 1.807) is 13.0 Å². The predicted octanol–water partition coefficient (Wildman–Crippen LogP) is 4.20. The summed E-state index contributed by atoms with van der Waals surface area (Å²) in [4.78, 5) is 17.8. The van der Waals surface area contributed by atoms with Crippen LogP contribution in [-0.4, -0.2) is 32.1 Å². The molecule has 0 fully saturated rings. The van der Waals surface area contributed by atoms with Gasteiger partial charge in [0.05, 0.1) is 46.8 Å². The lowest BCUT2D eigenvalue weighted by Gasteiger charge is -2.44. The lowest BCUT2D eigenvalue weighted by atomic mass is 9.62. The quantitative estimate of drug-likeness (QED) is 0.603. The standard InChI is InChI=1S/C27H30FN5O/c1-6-15-8-7-9-16-19-12-26(4,28)23-18(10-11-30-23)27(19,5)24-17-14-32(20(34)13-29)25(2,3)22(17)31-33(24)21(15)16/h7-12,30H,6,13-14,29H2,1-5H3. The fourth-order valence-electron chi connectivity index (χ4n) is 6.53. The molecule has 3 N–H and O–H groups in total. The van der Waals surface area contributed by atoms with Crippen LogP contribution in [0.25, 0.3) is 11.3 Å². The van der Waals surface area contributed by atoms with Crippen LogP contribution >= 0.6 is 0 Å². The van der Waals surface area contributed by atoms with Crippen molar-refractivity contribution < 1.29 is 9.18 Å². The van der Waals surface area contributed by atoms with Crippen molar-refractivity contribution in [3.05, 3.63) is 75.9 Å². The number of nitrogens with zero attached hydrogens (tertiary/aromatic N) is 3. The van der Waals surface area contributed by atoms with Crippen molar-refractivity contribution in [1.82, 2.24) is 19.7 Å². The molecule has 2 aromatic heterocycles. The zero-order valence-electron chi connectivity index (χ0n) is 20.3. The number of carbonyl (C=O) groups is 1. The maximum absolute atomic E-state index is 16.0. The number of H-pyrrole nitrogens is 1. The maximum atomic E-state index is 16.0. The number of hydrogen-bond donors (Lipinski definition) is 2. The van der Waals surface area contributed by atoms with Crippen LogP contribution in [0.1, 0.15) is 74.0 Å². The largest absolute Gasteiger partial charge is 0.362 e. The number of rotatable bonds is 2. The molecule has 1 amide bonds. The van der Waals surface area contributed by atoms with Crippen molar-refractivity contribution >= 4 is 11.5 Å². The van der Waals surface area contributed by atoms with Crippen LogP contribution in [0.5, 0.6) is 0 Å². The van der Waals surface area contributed by atoms with Gasteiger partial charge >= 0.3 is 0 Å². The first-order chi connectivity index (χ1) is 16.1. The molecule has 1 aromatic carbocycles. The van der Waals surface area contributed by atoms with Gasteiger partial charge in [-0.25, -0.2) is 9.07 Å². The second-order valence-corrected chi connectivity index (χ2v) is 10.5. The van der Waals surface area contributed by atoms with E-state index in [-0.39, 0.29) is 12.5 Å². The molecule has 3 aromatic rings. The third-order valence-electron chi connectivity index (χ3n) is 8.23. The minimum atomic E-state index is -1.63. The predicted molar refractivity (Wildman–Crippen MR) is 129 cm³/mol. The molecule has 1 aliphatic carbocycles. The number of aromatic amines is 1. The number of aromatic nitrogens is 3. The molecule has 0 spiro atoms. The minimum absolute atomic E-state index is 0.0452. The summed E-state index contributed by atoms with van der Waals surface area (Å²) in [6, 6.07) is 8.24. The van der Waals surface area contributed by atoms with Gasteiger partial charge in [-0.15, -0.1) is 0 Å². The molecule has 7 heteroatoms. The van der Waals surface area contributed by atoms with Crippen molar-refractivity contribution in [1.29, 1.82) is 0 Å². The number of nitrogens with one attached hydrogen (secondary N) is 1. The number of amides is 1. The van der Waals surface area contributed by atoms with Crippen LogP contribution in [-0.2, 0) is 34.4 Å². The Morgan fingerprint density at radius 3 is 2.71 bits per heavy atom. The van der Waals surface area contributed by atoms with E-state index in [1.165, 1.54) is 0 Å². The van der Waals surface area contributed by atoms with Gasteiger partial charge in [-0.05, 0) is 63.0 Å². The highest BCUT2D eigenvalue weighted by molar-refractivity contribution is 5.90. The molecular formula is C27H30FN5O. The average Bonchev–Trinajstić information content (AvgIpc) is 3.50. The van der Waals surface area contributed by atoms with Crippen molar-refractivity contribution in [2.24, 2.45) is 5.73 Å². The van der Waals surface area contributed by atoms with E-state index in [0.29, 0.717) is 12.2 Å². The Morgan fingerprint density at radius 2 is 2.00 bits per heavy atom. The highest BCUT2D eigenvalue weighted by Crippen LogP contribution is 2.59. The second-order valence-electron chi connectivity index (χ2n) is 10.5. The summed E-state index contributed by atoms with van der Waals surface area (Å²) in [7, 11) is 0. The summed E-state index contributed by atoms with van der Waals surface area (Å²) in [6.07, 6.45) is 4.42. The van der Waals surface area contributed by atoms with Crippen molar-refractivity contribution in [2.75, 3.05) is 6.54 Å². The number of hydrogen-bond acceptors (Lipinski definition) is 3. The molecule has 0 bridgehead atoms. The summed E-state index contributed by atoms with van der Waals surface area (Å²) >= 11 is 0. The van der Waals surface area contributed by atoms with E-state index in [4.69, 9.17) is 10.8 Å². The van der Waals surface area contributed by atoms with Crippen LogP contribution in [0, 0.1) is 0 Å². The summed E-state index contributed by atoms with van der Waals surface area (Å²) < 4.78 is 18.1. The molecule has 2 aliphatic heterocycles. The summed E-state index contributed by atoms with van der Waals surface area (Å²) in [6.45, 7) is 10.3. The number of para-hydroxylation sites is 1. The van der Waals surface area contributed by atoms with Gasteiger partial charge in [0.1, 0.15) is 0 Å². The van der Waals surface area contributed by atoms with Crippen molar-refractivity contribution in [3.63, 3.8) is 0 Å². The van der Waals surface area contributed by atoms with Crippen LogP contribution in [0.2, 0.25) is 0 Å².